The molecule has 0 nitrogen and oxygen atoms in total. The van der Waals surface area contributed by atoms with Gasteiger partial charge in [0.2, 0.25) is 0 Å². The molecule has 11 heavy (non-hydrogen) atoms. The van der Waals surface area contributed by atoms with E-state index in [4.69, 9.17) is 0 Å². The van der Waals surface area contributed by atoms with Crippen LogP contribution >= 0.6 is 31.9 Å². The Labute approximate surface area is 84.7 Å². The Kier molecular flexibility index (Phi) is 2.17. The number of alkyl halides is 2. The molecular weight excluding hydrogens is 268 g/mol. The van der Waals surface area contributed by atoms with Crippen molar-refractivity contribution in [1.29, 1.82) is 0 Å². The fourth-order valence-corrected chi connectivity index (χ4v) is 3.96. The van der Waals surface area contributed by atoms with Crippen molar-refractivity contribution in [2.45, 2.75) is 28.9 Å². The van der Waals surface area contributed by atoms with Crippen molar-refractivity contribution in [1.82, 2.24) is 0 Å². The molecule has 0 aromatic heterocycles. The molecule has 0 heterocycles. The summed E-state index contributed by atoms with van der Waals surface area (Å²) in [5.74, 6) is 1.76. The zero-order valence-corrected chi connectivity index (χ0v) is 9.57. The van der Waals surface area contributed by atoms with Crippen molar-refractivity contribution < 1.29 is 0 Å². The molecule has 0 bridgehead atoms. The van der Waals surface area contributed by atoms with Crippen LogP contribution in [-0.4, -0.2) is 3.23 Å². The molecule has 0 aliphatic heterocycles. The van der Waals surface area contributed by atoms with E-state index in [0.29, 0.717) is 3.23 Å². The lowest BCUT2D eigenvalue weighted by molar-refractivity contribution is 0.605. The smallest absolute Gasteiger partial charge is 0.0868 e. The number of fused-ring (bicyclic) bond motifs is 1. The van der Waals surface area contributed by atoms with Gasteiger partial charge in [-0.25, -0.2) is 0 Å². The maximum Gasteiger partial charge on any atom is 0.0868 e. The minimum Gasteiger partial charge on any atom is -0.0885 e. The lowest BCUT2D eigenvalue weighted by Gasteiger charge is -1.98. The van der Waals surface area contributed by atoms with Gasteiger partial charge < -0.3 is 0 Å². The summed E-state index contributed by atoms with van der Waals surface area (Å²) in [4.78, 5) is 0. The van der Waals surface area contributed by atoms with Crippen LogP contribution in [0.5, 0.6) is 0 Å². The molecule has 2 heteroatoms. The molecular formula is C9H12Br2. The van der Waals surface area contributed by atoms with E-state index < -0.39 is 0 Å². The maximum absolute atomic E-state index is 3.74. The highest BCUT2D eigenvalue weighted by molar-refractivity contribution is 9.25. The molecule has 0 aromatic carbocycles. The predicted octanol–water partition coefficient (Wildman–Crippen LogP) is 3.85. The van der Waals surface area contributed by atoms with Gasteiger partial charge in [0.15, 0.2) is 0 Å². The minimum atomic E-state index is 0.312. The molecule has 1 saturated carbocycles. The molecule has 0 amide bonds. The second-order valence-electron chi connectivity index (χ2n) is 3.51. The highest BCUT2D eigenvalue weighted by Gasteiger charge is 2.60. The third kappa shape index (κ3) is 1.44. The number of hydrogen-bond donors (Lipinski definition) is 0. The topological polar surface area (TPSA) is 0 Å². The summed E-state index contributed by atoms with van der Waals surface area (Å²) in [7, 11) is 0. The van der Waals surface area contributed by atoms with E-state index in [-0.39, 0.29) is 0 Å². The first-order valence-corrected chi connectivity index (χ1v) is 5.84. The SMILES string of the molecule is BrC1(Br)C2CCC=CCCC21. The monoisotopic (exact) mass is 278 g/mol. The molecule has 0 spiro atoms. The highest BCUT2D eigenvalue weighted by Crippen LogP contribution is 2.65. The van der Waals surface area contributed by atoms with Crippen molar-refractivity contribution in [3.8, 4) is 0 Å². The summed E-state index contributed by atoms with van der Waals surface area (Å²) in [6.07, 6.45) is 9.87. The van der Waals surface area contributed by atoms with Gasteiger partial charge in [-0.15, -0.1) is 0 Å². The Morgan fingerprint density at radius 3 is 1.91 bits per heavy atom. The Balaban J connectivity index is 2.02. The van der Waals surface area contributed by atoms with Gasteiger partial charge >= 0.3 is 0 Å². The molecule has 62 valence electrons. The van der Waals surface area contributed by atoms with Gasteiger partial charge in [-0.3, -0.25) is 0 Å². The van der Waals surface area contributed by atoms with E-state index in [0.717, 1.165) is 11.8 Å². The lowest BCUT2D eigenvalue weighted by atomic mass is 10.1. The molecule has 1 fully saturated rings. The van der Waals surface area contributed by atoms with E-state index in [1.54, 1.807) is 0 Å². The quantitative estimate of drug-likeness (QED) is 0.467. The molecule has 2 aliphatic carbocycles. The Hall–Kier alpha value is 0.700. The van der Waals surface area contributed by atoms with Crippen molar-refractivity contribution in [2.75, 3.05) is 0 Å². The number of hydrogen-bond acceptors (Lipinski definition) is 0. The lowest BCUT2D eigenvalue weighted by Crippen LogP contribution is -1.87. The van der Waals surface area contributed by atoms with Crippen LogP contribution in [0.4, 0.5) is 0 Å². The van der Waals surface area contributed by atoms with Crippen molar-refractivity contribution in [3.63, 3.8) is 0 Å². The van der Waals surface area contributed by atoms with E-state index in [9.17, 15) is 0 Å². The predicted molar refractivity (Wildman–Crippen MR) is 55.2 cm³/mol. The average molecular weight is 280 g/mol. The second-order valence-corrected chi connectivity index (χ2v) is 7.20. The summed E-state index contributed by atoms with van der Waals surface area (Å²) >= 11 is 7.48. The van der Waals surface area contributed by atoms with Gasteiger partial charge in [-0.05, 0) is 37.5 Å². The highest BCUT2D eigenvalue weighted by atomic mass is 79.9. The van der Waals surface area contributed by atoms with Gasteiger partial charge in [0, 0.05) is 0 Å². The third-order valence-electron chi connectivity index (χ3n) is 2.82. The van der Waals surface area contributed by atoms with E-state index in [2.05, 4.69) is 44.0 Å². The third-order valence-corrected chi connectivity index (χ3v) is 5.17. The first kappa shape index (κ1) is 8.31. The van der Waals surface area contributed by atoms with Gasteiger partial charge in [0.25, 0.3) is 0 Å². The summed E-state index contributed by atoms with van der Waals surface area (Å²) in [6.45, 7) is 0. The summed E-state index contributed by atoms with van der Waals surface area (Å²) in [5.41, 5.74) is 0. The molecule has 0 radical (unpaired) electrons. The Morgan fingerprint density at radius 2 is 1.45 bits per heavy atom. The van der Waals surface area contributed by atoms with E-state index in [1.807, 2.05) is 0 Å². The standard InChI is InChI=1S/C9H12Br2/c10-9(11)7-5-3-1-2-4-6-8(7)9/h1-2,7-8H,3-6H2. The molecule has 0 N–H and O–H groups in total. The summed E-state index contributed by atoms with van der Waals surface area (Å²) in [5, 5.41) is 0. The zero-order chi connectivity index (χ0) is 7.90. The van der Waals surface area contributed by atoms with Crippen LogP contribution in [-0.2, 0) is 0 Å². The minimum absolute atomic E-state index is 0.312. The van der Waals surface area contributed by atoms with E-state index in [1.165, 1.54) is 25.7 Å². The van der Waals surface area contributed by atoms with Crippen LogP contribution in [0, 0.1) is 11.8 Å². The van der Waals surface area contributed by atoms with Crippen LogP contribution in [0.1, 0.15) is 25.7 Å². The molecule has 0 saturated heterocycles. The van der Waals surface area contributed by atoms with Crippen molar-refractivity contribution in [2.24, 2.45) is 11.8 Å². The van der Waals surface area contributed by atoms with Gasteiger partial charge in [-0.2, -0.15) is 0 Å². The summed E-state index contributed by atoms with van der Waals surface area (Å²) < 4.78 is 0.312. The van der Waals surface area contributed by atoms with Gasteiger partial charge in [-0.1, -0.05) is 44.0 Å². The van der Waals surface area contributed by atoms with Crippen molar-refractivity contribution in [3.05, 3.63) is 12.2 Å². The van der Waals surface area contributed by atoms with Crippen LogP contribution in [0.2, 0.25) is 0 Å². The van der Waals surface area contributed by atoms with Crippen LogP contribution < -0.4 is 0 Å². The van der Waals surface area contributed by atoms with E-state index >= 15 is 0 Å². The maximum atomic E-state index is 3.74. The normalized spacial score (nSPS) is 40.5. The fourth-order valence-electron chi connectivity index (χ4n) is 2.04. The first-order chi connectivity index (χ1) is 5.23. The Bertz CT molecular complexity index is 166. The number of halogens is 2. The second kappa shape index (κ2) is 2.88. The van der Waals surface area contributed by atoms with Gasteiger partial charge in [0.1, 0.15) is 0 Å². The number of allylic oxidation sites excluding steroid dienone is 2. The van der Waals surface area contributed by atoms with Crippen LogP contribution in [0.3, 0.4) is 0 Å². The largest absolute Gasteiger partial charge is 0.0885 e. The van der Waals surface area contributed by atoms with Crippen molar-refractivity contribution >= 4 is 31.9 Å². The van der Waals surface area contributed by atoms with Crippen LogP contribution in [0.15, 0.2) is 12.2 Å². The Morgan fingerprint density at radius 1 is 1.00 bits per heavy atom. The molecule has 2 unspecified atom stereocenters. The molecule has 2 atom stereocenters. The van der Waals surface area contributed by atoms with Gasteiger partial charge in [0.05, 0.1) is 3.23 Å². The molecule has 2 aliphatic rings. The average Bonchev–Trinajstić information content (AvgIpc) is 2.29. The molecule has 0 aromatic rings. The zero-order valence-electron chi connectivity index (χ0n) is 6.39. The van der Waals surface area contributed by atoms with Crippen LogP contribution in [0.25, 0.3) is 0 Å². The number of rotatable bonds is 0. The fraction of sp³-hybridized carbons (Fsp3) is 0.778. The molecule has 2 rings (SSSR count). The first-order valence-electron chi connectivity index (χ1n) is 4.25. The summed E-state index contributed by atoms with van der Waals surface area (Å²) in [6, 6.07) is 0.